The molecule has 0 aliphatic heterocycles. The van der Waals surface area contributed by atoms with Crippen molar-refractivity contribution in [3.05, 3.63) is 59.7 Å². The van der Waals surface area contributed by atoms with E-state index in [-0.39, 0.29) is 24.9 Å². The van der Waals surface area contributed by atoms with Gasteiger partial charge in [-0.3, -0.25) is 14.5 Å². The van der Waals surface area contributed by atoms with Crippen LogP contribution < -0.4 is 10.6 Å². The summed E-state index contributed by atoms with van der Waals surface area (Å²) in [5.41, 5.74) is 3.81. The molecule has 0 heterocycles. The van der Waals surface area contributed by atoms with Crippen LogP contribution in [0.3, 0.4) is 0 Å². The number of amides is 2. The summed E-state index contributed by atoms with van der Waals surface area (Å²) in [4.78, 5) is 25.9. The molecular weight excluding hydrogens is 314 g/mol. The summed E-state index contributed by atoms with van der Waals surface area (Å²) in [7, 11) is 1.75. The average Bonchev–Trinajstić information content (AvgIpc) is 2.57. The van der Waals surface area contributed by atoms with Crippen LogP contribution in [-0.2, 0) is 16.0 Å². The first-order valence-electron chi connectivity index (χ1n) is 8.40. The molecule has 0 bridgehead atoms. The van der Waals surface area contributed by atoms with Crippen LogP contribution in [0.2, 0.25) is 0 Å². The molecule has 2 amide bonds. The highest BCUT2D eigenvalue weighted by molar-refractivity contribution is 5.95. The number of hydrogen-bond acceptors (Lipinski definition) is 3. The second-order valence-electron chi connectivity index (χ2n) is 6.15. The van der Waals surface area contributed by atoms with Gasteiger partial charge in [0.1, 0.15) is 0 Å². The third-order valence-electron chi connectivity index (χ3n) is 3.83. The van der Waals surface area contributed by atoms with E-state index in [9.17, 15) is 9.59 Å². The normalized spacial score (nSPS) is 10.6. The third kappa shape index (κ3) is 6.04. The predicted octanol–water partition coefficient (Wildman–Crippen LogP) is 3.07. The van der Waals surface area contributed by atoms with Crippen LogP contribution in [-0.4, -0.2) is 36.9 Å². The molecule has 132 valence electrons. The Morgan fingerprint density at radius 1 is 0.920 bits per heavy atom. The van der Waals surface area contributed by atoms with Crippen molar-refractivity contribution >= 4 is 23.2 Å². The molecule has 0 radical (unpaired) electrons. The summed E-state index contributed by atoms with van der Waals surface area (Å²) in [5, 5.41) is 5.74. The molecule has 0 aromatic heterocycles. The Kier molecular flexibility index (Phi) is 6.71. The van der Waals surface area contributed by atoms with Gasteiger partial charge in [-0.1, -0.05) is 42.8 Å². The molecule has 2 aromatic carbocycles. The zero-order valence-electron chi connectivity index (χ0n) is 15.0. The highest BCUT2D eigenvalue weighted by atomic mass is 16.2. The van der Waals surface area contributed by atoms with Crippen molar-refractivity contribution < 1.29 is 9.59 Å². The Morgan fingerprint density at radius 2 is 1.52 bits per heavy atom. The molecular formula is C20H25N3O2. The van der Waals surface area contributed by atoms with Gasteiger partial charge in [0.15, 0.2) is 0 Å². The van der Waals surface area contributed by atoms with Gasteiger partial charge in [0, 0.05) is 11.4 Å². The number of carbonyl (C=O) groups excluding carboxylic acids is 2. The maximum Gasteiger partial charge on any atom is 0.238 e. The minimum atomic E-state index is -0.145. The van der Waals surface area contributed by atoms with Gasteiger partial charge in [0.25, 0.3) is 0 Å². The predicted molar refractivity (Wildman–Crippen MR) is 102 cm³/mol. The largest absolute Gasteiger partial charge is 0.325 e. The van der Waals surface area contributed by atoms with Crippen LogP contribution in [0.25, 0.3) is 0 Å². The summed E-state index contributed by atoms with van der Waals surface area (Å²) in [5.74, 6) is -0.278. The molecule has 0 saturated heterocycles. The Labute approximate surface area is 149 Å². The molecule has 0 spiro atoms. The van der Waals surface area contributed by atoms with Gasteiger partial charge < -0.3 is 10.6 Å². The van der Waals surface area contributed by atoms with Crippen molar-refractivity contribution in [3.63, 3.8) is 0 Å². The summed E-state index contributed by atoms with van der Waals surface area (Å²) >= 11 is 0. The van der Waals surface area contributed by atoms with Crippen molar-refractivity contribution in [1.29, 1.82) is 0 Å². The molecule has 0 aliphatic carbocycles. The molecule has 0 atom stereocenters. The molecule has 2 rings (SSSR count). The monoisotopic (exact) mass is 339 g/mol. The van der Waals surface area contributed by atoms with Crippen molar-refractivity contribution in [2.75, 3.05) is 30.8 Å². The van der Waals surface area contributed by atoms with E-state index in [4.69, 9.17) is 0 Å². The Hall–Kier alpha value is -2.66. The molecule has 0 aliphatic rings. The zero-order chi connectivity index (χ0) is 18.2. The number of nitrogens with zero attached hydrogens (tertiary/aromatic N) is 1. The van der Waals surface area contributed by atoms with Gasteiger partial charge in [0.2, 0.25) is 11.8 Å². The number of nitrogens with one attached hydrogen (secondary N) is 2. The first-order valence-corrected chi connectivity index (χ1v) is 8.40. The number of hydrogen-bond donors (Lipinski definition) is 2. The number of anilines is 2. The van der Waals surface area contributed by atoms with E-state index in [1.54, 1.807) is 11.9 Å². The zero-order valence-corrected chi connectivity index (χ0v) is 15.0. The molecule has 0 saturated carbocycles. The third-order valence-corrected chi connectivity index (χ3v) is 3.83. The van der Waals surface area contributed by atoms with Crippen molar-refractivity contribution in [1.82, 2.24) is 4.90 Å². The second-order valence-corrected chi connectivity index (χ2v) is 6.15. The Morgan fingerprint density at radius 3 is 2.16 bits per heavy atom. The molecule has 0 unspecified atom stereocenters. The Bertz CT molecular complexity index is 726. The van der Waals surface area contributed by atoms with E-state index in [0.717, 1.165) is 28.9 Å². The summed E-state index contributed by atoms with van der Waals surface area (Å²) in [6.45, 7) is 4.34. The fourth-order valence-electron chi connectivity index (χ4n) is 2.52. The quantitative estimate of drug-likeness (QED) is 0.815. The Balaban J connectivity index is 1.82. The molecule has 2 N–H and O–H groups in total. The smallest absolute Gasteiger partial charge is 0.238 e. The van der Waals surface area contributed by atoms with E-state index in [1.807, 2.05) is 62.4 Å². The second kappa shape index (κ2) is 8.99. The van der Waals surface area contributed by atoms with Crippen LogP contribution in [0.15, 0.2) is 48.5 Å². The van der Waals surface area contributed by atoms with Gasteiger partial charge >= 0.3 is 0 Å². The lowest BCUT2D eigenvalue weighted by molar-refractivity contribution is -0.119. The maximum atomic E-state index is 12.2. The van der Waals surface area contributed by atoms with Gasteiger partial charge in [-0.15, -0.1) is 0 Å². The van der Waals surface area contributed by atoms with E-state index in [1.165, 1.54) is 0 Å². The fourth-order valence-corrected chi connectivity index (χ4v) is 2.52. The van der Waals surface area contributed by atoms with Gasteiger partial charge in [-0.25, -0.2) is 0 Å². The van der Waals surface area contributed by atoms with Gasteiger partial charge in [-0.05, 0) is 44.2 Å². The molecule has 2 aromatic rings. The summed E-state index contributed by atoms with van der Waals surface area (Å²) < 4.78 is 0. The molecule has 25 heavy (non-hydrogen) atoms. The first-order chi connectivity index (χ1) is 12.0. The van der Waals surface area contributed by atoms with E-state index >= 15 is 0 Å². The SMILES string of the molecule is CCc1ccccc1NC(=O)CN(C)CC(=O)Nc1ccc(C)cc1. The lowest BCUT2D eigenvalue weighted by Crippen LogP contribution is -2.36. The molecule has 5 nitrogen and oxygen atoms in total. The van der Waals surface area contributed by atoms with Crippen LogP contribution in [0.1, 0.15) is 18.1 Å². The van der Waals surface area contributed by atoms with Crippen LogP contribution >= 0.6 is 0 Å². The summed E-state index contributed by atoms with van der Waals surface area (Å²) in [6, 6.07) is 15.3. The topological polar surface area (TPSA) is 61.4 Å². The number of para-hydroxylation sites is 1. The van der Waals surface area contributed by atoms with E-state index in [0.29, 0.717) is 0 Å². The lowest BCUT2D eigenvalue weighted by Gasteiger charge is -2.17. The highest BCUT2D eigenvalue weighted by Gasteiger charge is 2.12. The van der Waals surface area contributed by atoms with Gasteiger partial charge in [-0.2, -0.15) is 0 Å². The first kappa shape index (κ1) is 18.7. The van der Waals surface area contributed by atoms with Gasteiger partial charge in [0.05, 0.1) is 13.1 Å². The number of likely N-dealkylation sites (N-methyl/N-ethyl adjacent to an activating group) is 1. The number of benzene rings is 2. The highest BCUT2D eigenvalue weighted by Crippen LogP contribution is 2.15. The number of aryl methyl sites for hydroxylation is 2. The molecule has 5 heteroatoms. The minimum absolute atomic E-state index is 0.133. The minimum Gasteiger partial charge on any atom is -0.325 e. The summed E-state index contributed by atoms with van der Waals surface area (Å²) in [6.07, 6.45) is 0.852. The number of carbonyl (C=O) groups is 2. The standard InChI is InChI=1S/C20H25N3O2/c1-4-16-7-5-6-8-18(16)22-20(25)14-23(3)13-19(24)21-17-11-9-15(2)10-12-17/h5-12H,4,13-14H2,1-3H3,(H,21,24)(H,22,25). The maximum absolute atomic E-state index is 12.2. The molecule has 0 fully saturated rings. The van der Waals surface area contributed by atoms with E-state index < -0.39 is 0 Å². The van der Waals surface area contributed by atoms with Crippen LogP contribution in [0, 0.1) is 6.92 Å². The van der Waals surface area contributed by atoms with E-state index in [2.05, 4.69) is 10.6 Å². The van der Waals surface area contributed by atoms with Crippen molar-refractivity contribution in [2.24, 2.45) is 0 Å². The van der Waals surface area contributed by atoms with Crippen molar-refractivity contribution in [2.45, 2.75) is 20.3 Å². The fraction of sp³-hybridized carbons (Fsp3) is 0.300. The number of rotatable bonds is 7. The lowest BCUT2D eigenvalue weighted by atomic mass is 10.1. The van der Waals surface area contributed by atoms with Crippen molar-refractivity contribution in [3.8, 4) is 0 Å². The average molecular weight is 339 g/mol. The van der Waals surface area contributed by atoms with Crippen LogP contribution in [0.5, 0.6) is 0 Å². The van der Waals surface area contributed by atoms with Crippen LogP contribution in [0.4, 0.5) is 11.4 Å².